The Hall–Kier alpha value is -3.02. The second kappa shape index (κ2) is 6.39. The number of nitrogens with zero attached hydrogens (tertiary/aromatic N) is 2. The van der Waals surface area contributed by atoms with E-state index in [2.05, 4.69) is 10.4 Å². The maximum Gasteiger partial charge on any atom is 0.254 e. The van der Waals surface area contributed by atoms with E-state index >= 15 is 0 Å². The van der Waals surface area contributed by atoms with Crippen LogP contribution in [0.4, 0.5) is 8.78 Å². The molecule has 2 aromatic carbocycles. The summed E-state index contributed by atoms with van der Waals surface area (Å²) in [5.41, 5.74) is 1.32. The number of hydrogen-bond acceptors (Lipinski definition) is 2. The van der Waals surface area contributed by atoms with Crippen LogP contribution in [0, 0.1) is 11.6 Å². The highest BCUT2D eigenvalue weighted by Gasteiger charge is 2.12. The number of hydrogen-bond donors (Lipinski definition) is 1. The molecule has 1 aromatic heterocycles. The van der Waals surface area contributed by atoms with Crippen molar-refractivity contribution in [3.63, 3.8) is 0 Å². The van der Waals surface area contributed by atoms with Crippen molar-refractivity contribution in [3.05, 3.63) is 83.7 Å². The lowest BCUT2D eigenvalue weighted by Crippen LogP contribution is -2.23. The third-order valence-corrected chi connectivity index (χ3v) is 3.28. The molecule has 0 radical (unpaired) electrons. The number of carbonyl (C=O) groups is 1. The first-order valence-corrected chi connectivity index (χ1v) is 6.96. The summed E-state index contributed by atoms with van der Waals surface area (Å²) in [5, 5.41) is 6.75. The van der Waals surface area contributed by atoms with Gasteiger partial charge in [0.05, 0.1) is 17.4 Å². The summed E-state index contributed by atoms with van der Waals surface area (Å²) in [4.78, 5) is 11.9. The molecule has 0 saturated heterocycles. The maximum absolute atomic E-state index is 13.5. The van der Waals surface area contributed by atoms with E-state index in [1.807, 2.05) is 30.3 Å². The van der Waals surface area contributed by atoms with E-state index < -0.39 is 17.5 Å². The Labute approximate surface area is 131 Å². The largest absolute Gasteiger partial charge is 0.348 e. The smallest absolute Gasteiger partial charge is 0.254 e. The molecular weight excluding hydrogens is 300 g/mol. The van der Waals surface area contributed by atoms with E-state index in [4.69, 9.17) is 0 Å². The van der Waals surface area contributed by atoms with Gasteiger partial charge in [-0.3, -0.25) is 4.79 Å². The van der Waals surface area contributed by atoms with Crippen molar-refractivity contribution in [3.8, 4) is 5.69 Å². The molecule has 0 aliphatic carbocycles. The zero-order valence-electron chi connectivity index (χ0n) is 12.0. The minimum Gasteiger partial charge on any atom is -0.348 e. The maximum atomic E-state index is 13.5. The van der Waals surface area contributed by atoms with E-state index in [1.165, 1.54) is 0 Å². The molecular formula is C17H13F2N3O. The van der Waals surface area contributed by atoms with Crippen molar-refractivity contribution in [1.29, 1.82) is 0 Å². The summed E-state index contributed by atoms with van der Waals surface area (Å²) in [6.45, 7) is 0.168. The van der Waals surface area contributed by atoms with Crippen LogP contribution < -0.4 is 5.32 Å². The first-order valence-electron chi connectivity index (χ1n) is 6.96. The highest BCUT2D eigenvalue weighted by atomic mass is 19.1. The predicted molar refractivity (Wildman–Crippen MR) is 81.1 cm³/mol. The minimum atomic E-state index is -0.760. The van der Waals surface area contributed by atoms with Gasteiger partial charge in [-0.25, -0.2) is 13.5 Å². The van der Waals surface area contributed by atoms with Gasteiger partial charge in [0.2, 0.25) is 0 Å². The van der Waals surface area contributed by atoms with Crippen LogP contribution in [-0.4, -0.2) is 15.7 Å². The van der Waals surface area contributed by atoms with Gasteiger partial charge in [0.1, 0.15) is 11.6 Å². The van der Waals surface area contributed by atoms with Gasteiger partial charge in [0.25, 0.3) is 5.91 Å². The SMILES string of the molecule is O=C(NCc1cnn(-c2ccccc2)c1)c1cc(F)ccc1F. The molecule has 3 rings (SSSR count). The molecule has 0 spiro atoms. The van der Waals surface area contributed by atoms with Gasteiger partial charge in [-0.15, -0.1) is 0 Å². The number of aromatic nitrogens is 2. The standard InChI is InChI=1S/C17H13F2N3O/c18-13-6-7-16(19)15(8-13)17(23)20-9-12-10-21-22(11-12)14-4-2-1-3-5-14/h1-8,10-11H,9H2,(H,20,23). The Morgan fingerprint density at radius 2 is 1.91 bits per heavy atom. The number of nitrogens with one attached hydrogen (secondary N) is 1. The fourth-order valence-electron chi connectivity index (χ4n) is 2.12. The van der Waals surface area contributed by atoms with Gasteiger partial charge < -0.3 is 5.32 Å². The average molecular weight is 313 g/mol. The van der Waals surface area contributed by atoms with Crippen LogP contribution in [0.1, 0.15) is 15.9 Å². The molecule has 3 aromatic rings. The molecule has 1 amide bonds. The van der Waals surface area contributed by atoms with E-state index in [0.717, 1.165) is 29.4 Å². The van der Waals surface area contributed by atoms with Gasteiger partial charge in [-0.2, -0.15) is 5.10 Å². The number of halogens is 2. The number of carbonyl (C=O) groups excluding carboxylic acids is 1. The van der Waals surface area contributed by atoms with Crippen LogP contribution >= 0.6 is 0 Å². The lowest BCUT2D eigenvalue weighted by molar-refractivity contribution is 0.0946. The lowest BCUT2D eigenvalue weighted by atomic mass is 10.2. The van der Waals surface area contributed by atoms with Crippen molar-refractivity contribution < 1.29 is 13.6 Å². The van der Waals surface area contributed by atoms with Crippen LogP contribution in [0.15, 0.2) is 60.9 Å². The number of rotatable bonds is 4. The molecule has 0 aliphatic rings. The Morgan fingerprint density at radius 3 is 2.70 bits per heavy atom. The summed E-state index contributed by atoms with van der Waals surface area (Å²) in [5.74, 6) is -2.09. The molecule has 4 nitrogen and oxygen atoms in total. The molecule has 116 valence electrons. The minimum absolute atomic E-state index is 0.168. The fraction of sp³-hybridized carbons (Fsp3) is 0.0588. The van der Waals surface area contributed by atoms with Gasteiger partial charge in [0, 0.05) is 18.3 Å². The molecule has 0 fully saturated rings. The number of benzene rings is 2. The lowest BCUT2D eigenvalue weighted by Gasteiger charge is -2.05. The van der Waals surface area contributed by atoms with E-state index in [0.29, 0.717) is 0 Å². The number of para-hydroxylation sites is 1. The number of amides is 1. The molecule has 23 heavy (non-hydrogen) atoms. The Bertz CT molecular complexity index is 831. The first kappa shape index (κ1) is 14.9. The Kier molecular flexibility index (Phi) is 4.14. The van der Waals surface area contributed by atoms with Crippen molar-refractivity contribution in [2.75, 3.05) is 0 Å². The highest BCUT2D eigenvalue weighted by molar-refractivity contribution is 5.94. The second-order valence-electron chi connectivity index (χ2n) is 4.94. The topological polar surface area (TPSA) is 46.9 Å². The second-order valence-corrected chi connectivity index (χ2v) is 4.94. The molecule has 1 N–H and O–H groups in total. The summed E-state index contributed by atoms with van der Waals surface area (Å²) < 4.78 is 28.3. The molecule has 0 aliphatic heterocycles. The summed E-state index contributed by atoms with van der Waals surface area (Å²) >= 11 is 0. The van der Waals surface area contributed by atoms with Gasteiger partial charge in [0.15, 0.2) is 0 Å². The fourth-order valence-corrected chi connectivity index (χ4v) is 2.12. The first-order chi connectivity index (χ1) is 11.1. The molecule has 0 saturated carbocycles. The van der Waals surface area contributed by atoms with Crippen molar-refractivity contribution in [2.24, 2.45) is 0 Å². The van der Waals surface area contributed by atoms with E-state index in [1.54, 1.807) is 17.1 Å². The highest BCUT2D eigenvalue weighted by Crippen LogP contribution is 2.11. The zero-order chi connectivity index (χ0) is 16.2. The van der Waals surface area contributed by atoms with Crippen molar-refractivity contribution in [2.45, 2.75) is 6.54 Å². The molecule has 0 atom stereocenters. The monoisotopic (exact) mass is 313 g/mol. The van der Waals surface area contributed by atoms with Gasteiger partial charge in [-0.05, 0) is 30.3 Å². The quantitative estimate of drug-likeness (QED) is 0.804. The van der Waals surface area contributed by atoms with Gasteiger partial charge in [-0.1, -0.05) is 18.2 Å². The van der Waals surface area contributed by atoms with Crippen LogP contribution in [-0.2, 0) is 6.54 Å². The van der Waals surface area contributed by atoms with E-state index in [9.17, 15) is 13.6 Å². The van der Waals surface area contributed by atoms with Crippen LogP contribution in [0.2, 0.25) is 0 Å². The molecule has 0 unspecified atom stereocenters. The normalized spacial score (nSPS) is 10.5. The molecule has 0 bridgehead atoms. The van der Waals surface area contributed by atoms with Crippen LogP contribution in [0.25, 0.3) is 5.69 Å². The summed E-state index contributed by atoms with van der Waals surface area (Å²) in [7, 11) is 0. The third-order valence-electron chi connectivity index (χ3n) is 3.28. The third kappa shape index (κ3) is 3.42. The average Bonchev–Trinajstić information content (AvgIpc) is 3.05. The summed E-state index contributed by atoms with van der Waals surface area (Å²) in [6.07, 6.45) is 3.37. The molecule has 1 heterocycles. The van der Waals surface area contributed by atoms with Crippen LogP contribution in [0.5, 0.6) is 0 Å². The summed E-state index contributed by atoms with van der Waals surface area (Å²) in [6, 6.07) is 12.3. The van der Waals surface area contributed by atoms with Crippen molar-refractivity contribution >= 4 is 5.91 Å². The molecule has 6 heteroatoms. The predicted octanol–water partition coefficient (Wildman–Crippen LogP) is 3.08. The Morgan fingerprint density at radius 1 is 1.13 bits per heavy atom. The van der Waals surface area contributed by atoms with Crippen LogP contribution in [0.3, 0.4) is 0 Å². The van der Waals surface area contributed by atoms with E-state index in [-0.39, 0.29) is 12.1 Å². The van der Waals surface area contributed by atoms with Gasteiger partial charge >= 0.3 is 0 Å². The zero-order valence-corrected chi connectivity index (χ0v) is 12.0. The Balaban J connectivity index is 1.68. The van der Waals surface area contributed by atoms with Crippen molar-refractivity contribution in [1.82, 2.24) is 15.1 Å².